The van der Waals surface area contributed by atoms with E-state index in [1.165, 1.54) is 6.33 Å². The molecule has 154 valence electrons. The SMILES string of the molecule is COc1ccccc1[C@H]1C[C@H](c2ccccc2)N(C(=O)c2ccccc2)c2ncnn21. The lowest BCUT2D eigenvalue weighted by Gasteiger charge is -2.39. The maximum Gasteiger partial charge on any atom is 0.261 e. The zero-order chi connectivity index (χ0) is 21.2. The molecule has 1 aliphatic rings. The lowest BCUT2D eigenvalue weighted by molar-refractivity contribution is 0.0963. The van der Waals surface area contributed by atoms with Crippen LogP contribution in [0.25, 0.3) is 0 Å². The number of carbonyl (C=O) groups is 1. The maximum absolute atomic E-state index is 13.6. The topological polar surface area (TPSA) is 60.2 Å². The zero-order valence-corrected chi connectivity index (χ0v) is 17.1. The van der Waals surface area contributed by atoms with Gasteiger partial charge in [0.25, 0.3) is 5.91 Å². The van der Waals surface area contributed by atoms with Gasteiger partial charge < -0.3 is 4.74 Å². The van der Waals surface area contributed by atoms with Gasteiger partial charge in [-0.1, -0.05) is 66.7 Å². The van der Waals surface area contributed by atoms with Crippen molar-refractivity contribution < 1.29 is 9.53 Å². The van der Waals surface area contributed by atoms with Crippen LogP contribution >= 0.6 is 0 Å². The number of ether oxygens (including phenoxy) is 1. The van der Waals surface area contributed by atoms with Crippen molar-refractivity contribution in [2.45, 2.75) is 18.5 Å². The van der Waals surface area contributed by atoms with E-state index in [9.17, 15) is 4.79 Å². The highest BCUT2D eigenvalue weighted by Gasteiger charge is 2.40. The van der Waals surface area contributed by atoms with Crippen LogP contribution in [0.3, 0.4) is 0 Å². The number of anilines is 1. The molecule has 5 rings (SSSR count). The summed E-state index contributed by atoms with van der Waals surface area (Å²) in [5.41, 5.74) is 2.69. The Morgan fingerprint density at radius 2 is 1.58 bits per heavy atom. The molecule has 4 aromatic rings. The van der Waals surface area contributed by atoms with Crippen molar-refractivity contribution in [1.29, 1.82) is 0 Å². The molecule has 0 spiro atoms. The number of para-hydroxylation sites is 1. The van der Waals surface area contributed by atoms with Crippen LogP contribution in [0.15, 0.2) is 91.3 Å². The summed E-state index contributed by atoms with van der Waals surface area (Å²) in [4.78, 5) is 19.9. The molecule has 0 bridgehead atoms. The van der Waals surface area contributed by atoms with Gasteiger partial charge in [-0.3, -0.25) is 9.69 Å². The van der Waals surface area contributed by atoms with Gasteiger partial charge >= 0.3 is 0 Å². The largest absolute Gasteiger partial charge is 0.496 e. The van der Waals surface area contributed by atoms with Crippen molar-refractivity contribution in [2.24, 2.45) is 0 Å². The van der Waals surface area contributed by atoms with Gasteiger partial charge in [-0.2, -0.15) is 10.1 Å². The van der Waals surface area contributed by atoms with E-state index < -0.39 is 0 Å². The van der Waals surface area contributed by atoms with Gasteiger partial charge in [-0.25, -0.2) is 4.68 Å². The minimum atomic E-state index is -0.194. The lowest BCUT2D eigenvalue weighted by atomic mass is 9.91. The van der Waals surface area contributed by atoms with Crippen molar-refractivity contribution in [3.63, 3.8) is 0 Å². The van der Waals surface area contributed by atoms with Crippen molar-refractivity contribution >= 4 is 11.9 Å². The van der Waals surface area contributed by atoms with Gasteiger partial charge in [0.1, 0.15) is 12.1 Å². The Bertz CT molecular complexity index is 1190. The van der Waals surface area contributed by atoms with Crippen LogP contribution in [0.2, 0.25) is 0 Å². The normalized spacial score (nSPS) is 17.8. The minimum Gasteiger partial charge on any atom is -0.496 e. The molecule has 1 aromatic heterocycles. The molecule has 6 nitrogen and oxygen atoms in total. The maximum atomic E-state index is 13.6. The van der Waals surface area contributed by atoms with E-state index in [0.717, 1.165) is 16.9 Å². The average Bonchev–Trinajstić information content (AvgIpc) is 3.33. The van der Waals surface area contributed by atoms with Crippen molar-refractivity contribution in [2.75, 3.05) is 12.0 Å². The molecule has 0 N–H and O–H groups in total. The Hall–Kier alpha value is -3.93. The summed E-state index contributed by atoms with van der Waals surface area (Å²) in [7, 11) is 1.67. The number of fused-ring (bicyclic) bond motifs is 1. The number of aromatic nitrogens is 3. The summed E-state index contributed by atoms with van der Waals surface area (Å²) < 4.78 is 7.46. The number of hydrogen-bond donors (Lipinski definition) is 0. The summed E-state index contributed by atoms with van der Waals surface area (Å²) >= 11 is 0. The molecule has 0 fully saturated rings. The predicted octanol–water partition coefficient (Wildman–Crippen LogP) is 4.67. The Morgan fingerprint density at radius 1 is 0.903 bits per heavy atom. The molecule has 0 radical (unpaired) electrons. The monoisotopic (exact) mass is 410 g/mol. The molecule has 0 saturated heterocycles. The standard InChI is InChI=1S/C25H22N4O2/c1-31-23-15-9-8-14-20(23)22-16-21(18-10-4-2-5-11-18)28(25-26-17-27-29(22)25)24(30)19-12-6-3-7-13-19/h2-15,17,21-22H,16H2,1H3/t21-,22-/m1/s1. The number of amides is 1. The van der Waals surface area contributed by atoms with E-state index in [1.54, 1.807) is 12.0 Å². The highest BCUT2D eigenvalue weighted by Crippen LogP contribution is 2.44. The first-order valence-corrected chi connectivity index (χ1v) is 10.2. The highest BCUT2D eigenvalue weighted by atomic mass is 16.5. The third-order valence-electron chi connectivity index (χ3n) is 5.74. The van der Waals surface area contributed by atoms with Crippen LogP contribution in [0.5, 0.6) is 5.75 Å². The van der Waals surface area contributed by atoms with Gasteiger partial charge in [0.05, 0.1) is 19.2 Å². The van der Waals surface area contributed by atoms with E-state index in [4.69, 9.17) is 4.74 Å². The summed E-state index contributed by atoms with van der Waals surface area (Å²) in [5, 5.41) is 4.50. The number of methoxy groups -OCH3 is 1. The number of rotatable bonds is 4. The molecule has 0 aliphatic carbocycles. The van der Waals surface area contributed by atoms with Crippen LogP contribution < -0.4 is 9.64 Å². The molecule has 3 aromatic carbocycles. The van der Waals surface area contributed by atoms with Gasteiger partial charge in [0.15, 0.2) is 0 Å². The molecule has 6 heteroatoms. The van der Waals surface area contributed by atoms with Crippen LogP contribution in [-0.2, 0) is 0 Å². The fourth-order valence-corrected chi connectivity index (χ4v) is 4.31. The zero-order valence-electron chi connectivity index (χ0n) is 17.1. The van der Waals surface area contributed by atoms with Crippen LogP contribution in [0, 0.1) is 0 Å². The Morgan fingerprint density at radius 3 is 2.32 bits per heavy atom. The van der Waals surface area contributed by atoms with Crippen LogP contribution in [0.1, 0.15) is 40.0 Å². The first kappa shape index (κ1) is 19.1. The van der Waals surface area contributed by atoms with E-state index >= 15 is 0 Å². The summed E-state index contributed by atoms with van der Waals surface area (Å²) in [6, 6.07) is 27.0. The molecule has 0 unspecified atom stereocenters. The van der Waals surface area contributed by atoms with E-state index in [0.29, 0.717) is 17.9 Å². The molecular weight excluding hydrogens is 388 g/mol. The smallest absolute Gasteiger partial charge is 0.261 e. The van der Waals surface area contributed by atoms with E-state index in [2.05, 4.69) is 22.2 Å². The molecule has 2 atom stereocenters. The molecule has 1 aliphatic heterocycles. The fraction of sp³-hybridized carbons (Fsp3) is 0.160. The third-order valence-corrected chi connectivity index (χ3v) is 5.74. The second-order valence-corrected chi connectivity index (χ2v) is 7.47. The Balaban J connectivity index is 1.67. The molecule has 31 heavy (non-hydrogen) atoms. The summed E-state index contributed by atoms with van der Waals surface area (Å²) in [6.07, 6.45) is 2.16. The summed E-state index contributed by atoms with van der Waals surface area (Å²) in [5.74, 6) is 1.23. The van der Waals surface area contributed by atoms with Crippen LogP contribution in [0.4, 0.5) is 5.95 Å². The van der Waals surface area contributed by atoms with Gasteiger partial charge in [0.2, 0.25) is 5.95 Å². The van der Waals surface area contributed by atoms with Crippen molar-refractivity contribution in [3.05, 3.63) is 108 Å². The number of carbonyl (C=O) groups excluding carboxylic acids is 1. The van der Waals surface area contributed by atoms with Crippen LogP contribution in [-0.4, -0.2) is 27.8 Å². The number of nitrogens with zero attached hydrogens (tertiary/aromatic N) is 4. The molecule has 2 heterocycles. The minimum absolute atomic E-state index is 0.0952. The van der Waals surface area contributed by atoms with Gasteiger partial charge in [0, 0.05) is 11.1 Å². The Kier molecular flexibility index (Phi) is 4.96. The number of benzene rings is 3. The van der Waals surface area contributed by atoms with Gasteiger partial charge in [-0.15, -0.1) is 0 Å². The van der Waals surface area contributed by atoms with E-state index in [-0.39, 0.29) is 18.0 Å². The highest BCUT2D eigenvalue weighted by molar-refractivity contribution is 6.05. The first-order valence-electron chi connectivity index (χ1n) is 10.2. The van der Waals surface area contributed by atoms with Crippen molar-refractivity contribution in [3.8, 4) is 5.75 Å². The molecular formula is C25H22N4O2. The first-order chi connectivity index (χ1) is 15.3. The second-order valence-electron chi connectivity index (χ2n) is 7.47. The van der Waals surface area contributed by atoms with Gasteiger partial charge in [-0.05, 0) is 30.2 Å². The molecule has 0 saturated carbocycles. The predicted molar refractivity (Wildman–Crippen MR) is 118 cm³/mol. The average molecular weight is 410 g/mol. The molecule has 1 amide bonds. The van der Waals surface area contributed by atoms with Crippen molar-refractivity contribution in [1.82, 2.24) is 14.8 Å². The van der Waals surface area contributed by atoms with E-state index in [1.807, 2.05) is 77.5 Å². The Labute approximate surface area is 180 Å². The second kappa shape index (κ2) is 8.07. The fourth-order valence-electron chi connectivity index (χ4n) is 4.31. The quantitative estimate of drug-likeness (QED) is 0.491. The number of hydrogen-bond acceptors (Lipinski definition) is 4. The third kappa shape index (κ3) is 3.36. The summed E-state index contributed by atoms with van der Waals surface area (Å²) in [6.45, 7) is 0. The lowest BCUT2D eigenvalue weighted by Crippen LogP contribution is -2.42.